The quantitative estimate of drug-likeness (QED) is 0.201. The van der Waals surface area contributed by atoms with Crippen molar-refractivity contribution in [2.45, 2.75) is 32.0 Å². The number of amides is 2. The van der Waals surface area contributed by atoms with E-state index in [9.17, 15) is 33.1 Å². The van der Waals surface area contributed by atoms with Crippen molar-refractivity contribution in [3.8, 4) is 28.8 Å². The van der Waals surface area contributed by atoms with Crippen molar-refractivity contribution in [2.75, 3.05) is 20.3 Å². The minimum atomic E-state index is -5.39. The van der Waals surface area contributed by atoms with E-state index in [2.05, 4.69) is 15.3 Å². The van der Waals surface area contributed by atoms with E-state index in [-0.39, 0.29) is 51.1 Å². The van der Waals surface area contributed by atoms with Crippen molar-refractivity contribution < 1.29 is 37.3 Å². The monoisotopic (exact) mass is 675 g/mol. The highest BCUT2D eigenvalue weighted by Crippen LogP contribution is 2.42. The zero-order chi connectivity index (χ0) is 34.0. The predicted molar refractivity (Wildman–Crippen MR) is 164 cm³/mol. The molecule has 2 aromatic carbocycles. The molecule has 0 aliphatic heterocycles. The summed E-state index contributed by atoms with van der Waals surface area (Å²) in [6.45, 7) is 1.92. The van der Waals surface area contributed by atoms with E-state index < -0.39 is 42.3 Å². The summed E-state index contributed by atoms with van der Waals surface area (Å²) in [5.41, 5.74) is 1.33. The first-order chi connectivity index (χ1) is 21.6. The molecule has 0 fully saturated rings. The number of rotatable bonds is 10. The number of carbonyl (C=O) groups excluding carboxylic acids is 2. The molecule has 0 spiro atoms. The maximum Gasteiger partial charge on any atom is 0.424 e. The van der Waals surface area contributed by atoms with Gasteiger partial charge in [0.1, 0.15) is 28.8 Å². The Bertz CT molecular complexity index is 1900. The zero-order valence-corrected chi connectivity index (χ0v) is 26.1. The Kier molecular flexibility index (Phi) is 9.96. The summed E-state index contributed by atoms with van der Waals surface area (Å²) in [4.78, 5) is 33.6. The number of carbonyl (C=O) groups is 2. The van der Waals surface area contributed by atoms with E-state index in [1.807, 2.05) is 6.07 Å². The molecule has 2 amide bonds. The third-order valence-corrected chi connectivity index (χ3v) is 7.65. The number of halogens is 5. The van der Waals surface area contributed by atoms with Gasteiger partial charge < -0.3 is 25.6 Å². The maximum absolute atomic E-state index is 14.7. The van der Waals surface area contributed by atoms with Gasteiger partial charge in [0.15, 0.2) is 0 Å². The fourth-order valence-corrected chi connectivity index (χ4v) is 5.01. The fourth-order valence-electron chi connectivity index (χ4n) is 4.63. The molecule has 0 saturated carbocycles. The first kappa shape index (κ1) is 34.2. The number of hydrogen-bond acceptors (Lipinski definition) is 8. The second kappa shape index (κ2) is 13.4. The molecule has 4 rings (SSSR count). The number of ether oxygens (including phenoxy) is 2. The smallest absolute Gasteiger partial charge is 0.424 e. The predicted octanol–water partition coefficient (Wildman–Crippen LogP) is 5.40. The minimum absolute atomic E-state index is 0.0260. The lowest BCUT2D eigenvalue weighted by atomic mass is 9.93. The number of pyridine rings is 2. The first-order valence-corrected chi connectivity index (χ1v) is 14.3. The van der Waals surface area contributed by atoms with Crippen LogP contribution < -0.4 is 20.5 Å². The number of alkyl halides is 3. The number of nitrogens with two attached hydrogens (primary N) is 1. The molecule has 46 heavy (non-hydrogen) atoms. The molecular weight excluding hydrogens is 650 g/mol. The standard InChI is InChI=1S/C31H26Cl2F3N5O5/c1-4-46-28-19(12-25(38)42)11-24(41-27(28)16-5-6-17(13-37)22(33)8-16)30(44,31(34,35)36)14-39-29(43)20-7-18-9-21(32)15(2)40-26(18)23(10-20)45-3/h5-11,44H,4,12,14H2,1-3H3,(H2,38,42)(H,39,43)/t30-/m0/s1. The molecule has 4 N–H and O–H groups in total. The van der Waals surface area contributed by atoms with Crippen LogP contribution >= 0.6 is 23.2 Å². The van der Waals surface area contributed by atoms with Crippen molar-refractivity contribution >= 4 is 45.9 Å². The summed E-state index contributed by atoms with van der Waals surface area (Å²) in [6, 6.07) is 10.9. The van der Waals surface area contributed by atoms with Gasteiger partial charge in [0.2, 0.25) is 11.5 Å². The number of hydrogen-bond donors (Lipinski definition) is 3. The Labute approximate surface area is 270 Å². The van der Waals surface area contributed by atoms with Crippen molar-refractivity contribution in [1.29, 1.82) is 5.26 Å². The van der Waals surface area contributed by atoms with Gasteiger partial charge in [-0.2, -0.15) is 18.4 Å². The van der Waals surface area contributed by atoms with E-state index >= 15 is 0 Å². The van der Waals surface area contributed by atoms with Crippen molar-refractivity contribution in [3.05, 3.63) is 80.6 Å². The molecule has 0 aliphatic rings. The van der Waals surface area contributed by atoms with Gasteiger partial charge in [-0.1, -0.05) is 29.3 Å². The van der Waals surface area contributed by atoms with Gasteiger partial charge in [-0.3, -0.25) is 9.59 Å². The summed E-state index contributed by atoms with van der Waals surface area (Å²) < 4.78 is 55.2. The van der Waals surface area contributed by atoms with E-state index in [4.69, 9.17) is 38.4 Å². The van der Waals surface area contributed by atoms with Crippen LogP contribution in [0, 0.1) is 18.3 Å². The number of benzene rings is 2. The zero-order valence-electron chi connectivity index (χ0n) is 24.6. The number of methoxy groups -OCH3 is 1. The number of aromatic nitrogens is 2. The summed E-state index contributed by atoms with van der Waals surface area (Å²) in [6.07, 6.45) is -5.96. The third kappa shape index (κ3) is 6.79. The molecule has 0 unspecified atom stereocenters. The lowest BCUT2D eigenvalue weighted by molar-refractivity contribution is -0.265. The van der Waals surface area contributed by atoms with Crippen LogP contribution in [0.2, 0.25) is 10.0 Å². The van der Waals surface area contributed by atoms with Gasteiger partial charge in [0.05, 0.1) is 53.7 Å². The molecule has 240 valence electrons. The average Bonchev–Trinajstić information content (AvgIpc) is 2.99. The summed E-state index contributed by atoms with van der Waals surface area (Å²) in [5.74, 6) is -1.79. The molecule has 1 atom stereocenters. The van der Waals surface area contributed by atoms with Crippen LogP contribution in [0.15, 0.2) is 42.5 Å². The van der Waals surface area contributed by atoms with Gasteiger partial charge in [0, 0.05) is 22.1 Å². The number of nitriles is 1. The molecule has 4 aromatic rings. The number of aliphatic hydroxyl groups is 1. The molecule has 0 bridgehead atoms. The number of nitrogens with zero attached hydrogens (tertiary/aromatic N) is 3. The number of fused-ring (bicyclic) bond motifs is 1. The lowest BCUT2D eigenvalue weighted by Gasteiger charge is -2.31. The van der Waals surface area contributed by atoms with E-state index in [1.54, 1.807) is 13.8 Å². The number of aryl methyl sites for hydroxylation is 1. The SMILES string of the molecule is CCOc1c(CC(N)=O)cc([C@@](O)(CNC(=O)c2cc(OC)c3nc(C)c(Cl)cc3c2)C(F)(F)F)nc1-c1ccc(C#N)c(Cl)c1. The molecule has 10 nitrogen and oxygen atoms in total. The van der Waals surface area contributed by atoms with Gasteiger partial charge >= 0.3 is 6.18 Å². The second-order valence-corrected chi connectivity index (χ2v) is 10.9. The van der Waals surface area contributed by atoms with Crippen LogP contribution in [0.3, 0.4) is 0 Å². The highest BCUT2D eigenvalue weighted by atomic mass is 35.5. The van der Waals surface area contributed by atoms with Gasteiger partial charge in [-0.25, -0.2) is 9.97 Å². The lowest BCUT2D eigenvalue weighted by Crippen LogP contribution is -2.51. The second-order valence-electron chi connectivity index (χ2n) is 10.1. The topological polar surface area (TPSA) is 160 Å². The van der Waals surface area contributed by atoms with Gasteiger partial charge in [0.25, 0.3) is 5.91 Å². The van der Waals surface area contributed by atoms with E-state index in [1.165, 1.54) is 43.5 Å². The number of nitrogens with one attached hydrogen (secondary N) is 1. The van der Waals surface area contributed by atoms with Crippen LogP contribution in [-0.2, 0) is 16.8 Å². The third-order valence-electron chi connectivity index (χ3n) is 6.96. The van der Waals surface area contributed by atoms with Gasteiger partial charge in [-0.05, 0) is 50.2 Å². The Morgan fingerprint density at radius 1 is 1.11 bits per heavy atom. The van der Waals surface area contributed by atoms with Crippen LogP contribution in [-0.4, -0.2) is 53.3 Å². The highest BCUT2D eigenvalue weighted by Gasteiger charge is 2.56. The van der Waals surface area contributed by atoms with E-state index in [0.717, 1.165) is 6.07 Å². The molecule has 0 aliphatic carbocycles. The van der Waals surface area contributed by atoms with Gasteiger partial charge in [-0.15, -0.1) is 0 Å². The van der Waals surface area contributed by atoms with Crippen LogP contribution in [0.1, 0.15) is 39.8 Å². The minimum Gasteiger partial charge on any atom is -0.494 e. The normalized spacial score (nSPS) is 12.7. The molecule has 15 heteroatoms. The van der Waals surface area contributed by atoms with Crippen molar-refractivity contribution in [1.82, 2.24) is 15.3 Å². The van der Waals surface area contributed by atoms with Crippen LogP contribution in [0.25, 0.3) is 22.2 Å². The van der Waals surface area contributed by atoms with E-state index in [0.29, 0.717) is 21.6 Å². The van der Waals surface area contributed by atoms with Crippen molar-refractivity contribution in [2.24, 2.45) is 5.73 Å². The molecule has 0 radical (unpaired) electrons. The Hall–Kier alpha value is -4.64. The summed E-state index contributed by atoms with van der Waals surface area (Å²) in [7, 11) is 1.34. The maximum atomic E-state index is 14.7. The summed E-state index contributed by atoms with van der Waals surface area (Å²) in [5, 5.41) is 23.3. The molecule has 2 aromatic heterocycles. The Morgan fingerprint density at radius 3 is 2.41 bits per heavy atom. The largest absolute Gasteiger partial charge is 0.494 e. The van der Waals surface area contributed by atoms with Crippen LogP contribution in [0.4, 0.5) is 13.2 Å². The highest BCUT2D eigenvalue weighted by molar-refractivity contribution is 6.32. The average molecular weight is 676 g/mol. The Morgan fingerprint density at radius 2 is 1.83 bits per heavy atom. The first-order valence-electron chi connectivity index (χ1n) is 13.5. The summed E-state index contributed by atoms with van der Waals surface area (Å²) >= 11 is 12.4. The molecular formula is C31H26Cl2F3N5O5. The molecule has 2 heterocycles. The van der Waals surface area contributed by atoms with Crippen LogP contribution in [0.5, 0.6) is 11.5 Å². The number of primary amides is 1. The Balaban J connectivity index is 1.83. The van der Waals surface area contributed by atoms with Crippen molar-refractivity contribution in [3.63, 3.8) is 0 Å². The molecule has 0 saturated heterocycles. The fraction of sp³-hybridized carbons (Fsp3) is 0.258.